The van der Waals surface area contributed by atoms with Gasteiger partial charge in [-0.25, -0.2) is 9.97 Å². The number of alkyl halides is 2. The minimum atomic E-state index is -2.62. The van der Waals surface area contributed by atoms with Gasteiger partial charge in [0.25, 0.3) is 17.6 Å². The van der Waals surface area contributed by atoms with Gasteiger partial charge in [0.2, 0.25) is 5.95 Å². The molecule has 0 aliphatic carbocycles. The molecule has 0 aliphatic heterocycles. The molecule has 0 spiro atoms. The van der Waals surface area contributed by atoms with E-state index in [1.54, 1.807) is 13.0 Å². The van der Waals surface area contributed by atoms with Crippen molar-refractivity contribution in [1.82, 2.24) is 30.0 Å². The number of aromatic nitrogens is 5. The molecule has 0 saturated carbocycles. The van der Waals surface area contributed by atoms with Crippen LogP contribution in [-0.2, 0) is 0 Å². The molecule has 0 saturated heterocycles. The zero-order valence-corrected chi connectivity index (χ0v) is 16.0. The molecule has 146 valence electrons. The Morgan fingerprint density at radius 3 is 2.68 bits per heavy atom. The summed E-state index contributed by atoms with van der Waals surface area (Å²) in [5.41, 5.74) is 5.82. The van der Waals surface area contributed by atoms with Crippen molar-refractivity contribution >= 4 is 35.2 Å². The largest absolute Gasteiger partial charge is 0.366 e. The number of carbonyl (C=O) groups excluding carboxylic acids is 1. The second-order valence-corrected chi connectivity index (χ2v) is 7.04. The highest BCUT2D eigenvalue weighted by Crippen LogP contribution is 2.29. The zero-order chi connectivity index (χ0) is 20.3. The number of benzene rings is 1. The Morgan fingerprint density at radius 1 is 1.29 bits per heavy atom. The van der Waals surface area contributed by atoms with E-state index in [1.165, 1.54) is 35.3 Å². The van der Waals surface area contributed by atoms with Crippen molar-refractivity contribution in [2.24, 2.45) is 0 Å². The van der Waals surface area contributed by atoms with Crippen molar-refractivity contribution in [3.8, 4) is 5.95 Å². The van der Waals surface area contributed by atoms with E-state index in [2.05, 4.69) is 25.4 Å². The fourth-order valence-corrected chi connectivity index (χ4v) is 3.27. The molecule has 1 amide bonds. The Bertz CT molecular complexity index is 986. The van der Waals surface area contributed by atoms with E-state index >= 15 is 0 Å². The summed E-state index contributed by atoms with van der Waals surface area (Å²) in [4.78, 5) is 25.1. The highest BCUT2D eigenvalue weighted by molar-refractivity contribution is 7.99. The van der Waals surface area contributed by atoms with E-state index in [4.69, 9.17) is 17.3 Å². The average molecular weight is 426 g/mol. The van der Waals surface area contributed by atoms with Crippen LogP contribution < -0.4 is 11.1 Å². The smallest absolute Gasteiger partial charge is 0.288 e. The maximum absolute atomic E-state index is 12.6. The van der Waals surface area contributed by atoms with Crippen molar-refractivity contribution in [3.63, 3.8) is 0 Å². The van der Waals surface area contributed by atoms with Gasteiger partial charge in [-0.15, -0.1) is 5.10 Å². The maximum Gasteiger partial charge on any atom is 0.288 e. The zero-order valence-electron chi connectivity index (χ0n) is 14.4. The number of amides is 1. The molecular weight excluding hydrogens is 412 g/mol. The van der Waals surface area contributed by atoms with Crippen LogP contribution in [0.15, 0.2) is 41.6 Å². The maximum atomic E-state index is 12.6. The lowest BCUT2D eigenvalue weighted by Gasteiger charge is -2.14. The summed E-state index contributed by atoms with van der Waals surface area (Å²) in [5.74, 6) is -2.61. The van der Waals surface area contributed by atoms with Crippen molar-refractivity contribution in [2.45, 2.75) is 23.6 Å². The fourth-order valence-electron chi connectivity index (χ4n) is 2.38. The van der Waals surface area contributed by atoms with Gasteiger partial charge in [0.15, 0.2) is 5.82 Å². The van der Waals surface area contributed by atoms with Gasteiger partial charge < -0.3 is 11.1 Å². The first kappa shape index (κ1) is 20.0. The number of thioether (sulfide) groups is 1. The van der Waals surface area contributed by atoms with Crippen LogP contribution in [0.1, 0.15) is 29.1 Å². The normalized spacial score (nSPS) is 12.2. The highest BCUT2D eigenvalue weighted by Gasteiger charge is 2.21. The Balaban J connectivity index is 1.83. The number of nitrogen functional groups attached to an aromatic ring is 1. The molecule has 0 fully saturated rings. The lowest BCUT2D eigenvalue weighted by molar-refractivity contribution is 0.0937. The molecule has 0 bridgehead atoms. The van der Waals surface area contributed by atoms with E-state index in [0.29, 0.717) is 17.6 Å². The van der Waals surface area contributed by atoms with E-state index in [-0.39, 0.29) is 27.4 Å². The molecule has 3 N–H and O–H groups in total. The summed E-state index contributed by atoms with van der Waals surface area (Å²) in [5, 5.41) is 6.93. The molecule has 0 unspecified atom stereocenters. The standard InChI is InChI=1S/C16H14ClF2N7OS/c1-8(12-24-15(20)25-26(12)16-21-3-2-4-22-16)23-13(27)9-5-10(17)7-11(6-9)28-14(18)19/h2-8,14H,1H3,(H2,20,25)(H,23,27)/t8-/m0/s1. The van der Waals surface area contributed by atoms with E-state index in [0.717, 1.165) is 0 Å². The molecule has 1 atom stereocenters. The molecular formula is C16H14ClF2N7OS. The van der Waals surface area contributed by atoms with Gasteiger partial charge in [0, 0.05) is 27.9 Å². The molecule has 8 nitrogen and oxygen atoms in total. The van der Waals surface area contributed by atoms with Crippen molar-refractivity contribution in [2.75, 3.05) is 5.73 Å². The molecule has 12 heteroatoms. The summed E-state index contributed by atoms with van der Waals surface area (Å²) >= 11 is 6.25. The molecule has 0 radical (unpaired) electrons. The number of carbonyl (C=O) groups is 1. The summed E-state index contributed by atoms with van der Waals surface area (Å²) in [6.45, 7) is 1.67. The van der Waals surface area contributed by atoms with E-state index in [1.807, 2.05) is 0 Å². The summed E-state index contributed by atoms with van der Waals surface area (Å²) < 4.78 is 26.5. The second kappa shape index (κ2) is 8.48. The van der Waals surface area contributed by atoms with Crippen LogP contribution in [0.25, 0.3) is 5.95 Å². The average Bonchev–Trinajstić information content (AvgIpc) is 3.03. The Hall–Kier alpha value is -2.79. The minimum absolute atomic E-state index is 0.0121. The number of nitrogens with zero attached hydrogens (tertiary/aromatic N) is 5. The van der Waals surface area contributed by atoms with Crippen molar-refractivity contribution in [3.05, 3.63) is 53.1 Å². The molecule has 2 aromatic heterocycles. The van der Waals surface area contributed by atoms with E-state index in [9.17, 15) is 13.6 Å². The van der Waals surface area contributed by atoms with E-state index < -0.39 is 17.7 Å². The third kappa shape index (κ3) is 4.73. The van der Waals surface area contributed by atoms with Crippen LogP contribution in [0.3, 0.4) is 0 Å². The van der Waals surface area contributed by atoms with Crippen LogP contribution in [0.2, 0.25) is 5.02 Å². The molecule has 3 aromatic rings. The number of rotatable bonds is 6. The Kier molecular flexibility index (Phi) is 6.05. The monoisotopic (exact) mass is 425 g/mol. The topological polar surface area (TPSA) is 112 Å². The van der Waals surface area contributed by atoms with Gasteiger partial charge in [-0.1, -0.05) is 23.4 Å². The quantitative estimate of drug-likeness (QED) is 0.583. The molecule has 1 aromatic carbocycles. The molecule has 0 aliphatic rings. The first-order valence-corrected chi connectivity index (χ1v) is 9.15. The molecule has 3 rings (SSSR count). The number of anilines is 1. The Morgan fingerprint density at radius 2 is 2.00 bits per heavy atom. The second-order valence-electron chi connectivity index (χ2n) is 5.54. The first-order chi connectivity index (χ1) is 13.3. The SMILES string of the molecule is C[C@H](NC(=O)c1cc(Cl)cc(SC(F)F)c1)c1nc(N)nn1-c1ncccn1. The highest BCUT2D eigenvalue weighted by atomic mass is 35.5. The fraction of sp³-hybridized carbons (Fsp3) is 0.188. The first-order valence-electron chi connectivity index (χ1n) is 7.89. The van der Waals surface area contributed by atoms with Gasteiger partial charge in [-0.3, -0.25) is 4.79 Å². The van der Waals surface area contributed by atoms with Gasteiger partial charge >= 0.3 is 0 Å². The van der Waals surface area contributed by atoms with Gasteiger partial charge in [-0.05, 0) is 31.2 Å². The molecule has 28 heavy (non-hydrogen) atoms. The number of hydrogen-bond donors (Lipinski definition) is 2. The number of halogens is 3. The van der Waals surface area contributed by atoms with Crippen LogP contribution >= 0.6 is 23.4 Å². The van der Waals surface area contributed by atoms with Crippen LogP contribution in [0.4, 0.5) is 14.7 Å². The minimum Gasteiger partial charge on any atom is -0.366 e. The van der Waals surface area contributed by atoms with Gasteiger partial charge in [-0.2, -0.15) is 18.4 Å². The van der Waals surface area contributed by atoms with Crippen molar-refractivity contribution in [1.29, 1.82) is 0 Å². The van der Waals surface area contributed by atoms with Crippen LogP contribution in [0, 0.1) is 0 Å². The molecule has 2 heterocycles. The van der Waals surface area contributed by atoms with Crippen molar-refractivity contribution < 1.29 is 13.6 Å². The predicted molar refractivity (Wildman–Crippen MR) is 101 cm³/mol. The lowest BCUT2D eigenvalue weighted by Crippen LogP contribution is -2.29. The van der Waals surface area contributed by atoms with Crippen LogP contribution in [-0.4, -0.2) is 36.4 Å². The summed E-state index contributed by atoms with van der Waals surface area (Å²) in [6.07, 6.45) is 3.06. The van der Waals surface area contributed by atoms with Crippen LogP contribution in [0.5, 0.6) is 0 Å². The van der Waals surface area contributed by atoms with Gasteiger partial charge in [0.05, 0.1) is 6.04 Å². The predicted octanol–water partition coefficient (Wildman–Crippen LogP) is 3.10. The summed E-state index contributed by atoms with van der Waals surface area (Å²) in [7, 11) is 0. The number of nitrogens with two attached hydrogens (primary N) is 1. The third-order valence-electron chi connectivity index (χ3n) is 3.48. The Labute approximate surface area is 167 Å². The number of hydrogen-bond acceptors (Lipinski definition) is 7. The number of nitrogens with one attached hydrogen (secondary N) is 1. The lowest BCUT2D eigenvalue weighted by atomic mass is 10.2. The van der Waals surface area contributed by atoms with Gasteiger partial charge in [0.1, 0.15) is 0 Å². The summed E-state index contributed by atoms with van der Waals surface area (Å²) in [6, 6.07) is 5.10. The third-order valence-corrected chi connectivity index (χ3v) is 4.39.